The Morgan fingerprint density at radius 3 is 2.60 bits per heavy atom. The summed E-state index contributed by atoms with van der Waals surface area (Å²) in [6, 6.07) is 2.70. The molecule has 7 nitrogen and oxygen atoms in total. The second-order valence-electron chi connectivity index (χ2n) is 5.50. The molecule has 10 heteroatoms. The van der Waals surface area contributed by atoms with Gasteiger partial charge in [0.1, 0.15) is 18.0 Å². The van der Waals surface area contributed by atoms with Gasteiger partial charge in [0.15, 0.2) is 0 Å². The van der Waals surface area contributed by atoms with Gasteiger partial charge in [-0.25, -0.2) is 31.4 Å². The maximum absolute atomic E-state index is 13.1. The van der Waals surface area contributed by atoms with Crippen molar-refractivity contribution in [2.75, 3.05) is 6.54 Å². The number of aryl methyl sites for hydroxylation is 1. The van der Waals surface area contributed by atoms with Gasteiger partial charge in [0.05, 0.1) is 5.75 Å². The van der Waals surface area contributed by atoms with Crippen LogP contribution in [0.25, 0.3) is 5.78 Å². The van der Waals surface area contributed by atoms with Crippen LogP contribution in [-0.4, -0.2) is 34.5 Å². The van der Waals surface area contributed by atoms with E-state index < -0.39 is 27.4 Å². The minimum atomic E-state index is -3.67. The number of nitrogens with one attached hydrogen (secondary N) is 1. The summed E-state index contributed by atoms with van der Waals surface area (Å²) in [7, 11) is -3.67. The van der Waals surface area contributed by atoms with Gasteiger partial charge < -0.3 is 0 Å². The molecule has 132 valence electrons. The molecule has 0 saturated heterocycles. The fourth-order valence-corrected chi connectivity index (χ4v) is 3.54. The first-order chi connectivity index (χ1) is 11.9. The predicted octanol–water partition coefficient (Wildman–Crippen LogP) is 1.45. The minimum absolute atomic E-state index is 0.0610. The lowest BCUT2D eigenvalue weighted by atomic mass is 10.2. The molecule has 25 heavy (non-hydrogen) atoms. The van der Waals surface area contributed by atoms with Crippen LogP contribution in [0, 0.1) is 11.6 Å². The van der Waals surface area contributed by atoms with E-state index in [4.69, 9.17) is 0 Å². The molecule has 0 aliphatic carbocycles. The van der Waals surface area contributed by atoms with Gasteiger partial charge in [-0.3, -0.25) is 0 Å². The Balaban J connectivity index is 1.51. The highest BCUT2D eigenvalue weighted by molar-refractivity contribution is 7.88. The van der Waals surface area contributed by atoms with Crippen LogP contribution in [0.5, 0.6) is 0 Å². The van der Waals surface area contributed by atoms with E-state index >= 15 is 0 Å². The van der Waals surface area contributed by atoms with Crippen LogP contribution < -0.4 is 4.72 Å². The first-order valence-electron chi connectivity index (χ1n) is 7.48. The Kier molecular flexibility index (Phi) is 5.00. The van der Waals surface area contributed by atoms with Gasteiger partial charge in [-0.1, -0.05) is 0 Å². The number of aromatic nitrogens is 4. The summed E-state index contributed by atoms with van der Waals surface area (Å²) in [6.07, 6.45) is 5.97. The van der Waals surface area contributed by atoms with Crippen molar-refractivity contribution in [3.8, 4) is 0 Å². The number of fused-ring (bicyclic) bond motifs is 1. The van der Waals surface area contributed by atoms with Crippen LogP contribution in [0.15, 0.2) is 36.9 Å². The molecule has 1 N–H and O–H groups in total. The lowest BCUT2D eigenvalue weighted by molar-refractivity contribution is 0.573. The molecule has 0 aliphatic heterocycles. The topological polar surface area (TPSA) is 89.2 Å². The minimum Gasteiger partial charge on any atom is -0.219 e. The standard InChI is InChI=1S/C15H15F2N5O2S/c16-13-4-12(5-14(17)6-13)9-25(23,24)21-3-1-2-11-7-18-15-19-10-20-22(15)8-11/h4-8,10,21H,1-3,9H2. The Hall–Kier alpha value is -2.46. The summed E-state index contributed by atoms with van der Waals surface area (Å²) in [6.45, 7) is 0.204. The van der Waals surface area contributed by atoms with Crippen molar-refractivity contribution in [3.63, 3.8) is 0 Å². The fraction of sp³-hybridized carbons (Fsp3) is 0.267. The summed E-state index contributed by atoms with van der Waals surface area (Å²) in [4.78, 5) is 8.06. The fourth-order valence-electron chi connectivity index (χ4n) is 2.37. The van der Waals surface area contributed by atoms with Crippen molar-refractivity contribution < 1.29 is 17.2 Å². The molecule has 0 radical (unpaired) electrons. The molecule has 0 bridgehead atoms. The molecule has 2 aromatic heterocycles. The lowest BCUT2D eigenvalue weighted by Gasteiger charge is -2.07. The van der Waals surface area contributed by atoms with Crippen LogP contribution >= 0.6 is 0 Å². The Bertz CT molecular complexity index is 970. The Morgan fingerprint density at radius 2 is 1.84 bits per heavy atom. The summed E-state index contributed by atoms with van der Waals surface area (Å²) < 4.78 is 54.2. The molecule has 3 rings (SSSR count). The molecule has 0 fully saturated rings. The summed E-state index contributed by atoms with van der Waals surface area (Å²) in [5, 5.41) is 3.98. The second-order valence-corrected chi connectivity index (χ2v) is 7.31. The number of benzene rings is 1. The van der Waals surface area contributed by atoms with Crippen molar-refractivity contribution in [2.24, 2.45) is 0 Å². The Morgan fingerprint density at radius 1 is 1.08 bits per heavy atom. The normalized spacial score (nSPS) is 11.9. The number of hydrogen-bond donors (Lipinski definition) is 1. The average molecular weight is 367 g/mol. The molecule has 0 aliphatic rings. The Labute approximate surface area is 142 Å². The molecular weight excluding hydrogens is 352 g/mol. The number of nitrogens with zero attached hydrogens (tertiary/aromatic N) is 4. The number of rotatable bonds is 7. The number of halogens is 2. The van der Waals surface area contributed by atoms with Crippen molar-refractivity contribution in [3.05, 3.63) is 59.7 Å². The third-order valence-corrected chi connectivity index (χ3v) is 4.79. The number of sulfonamides is 1. The van der Waals surface area contributed by atoms with Crippen LogP contribution in [0.4, 0.5) is 8.78 Å². The smallest absolute Gasteiger partial charge is 0.219 e. The highest BCUT2D eigenvalue weighted by Crippen LogP contribution is 2.11. The molecule has 0 atom stereocenters. The maximum Gasteiger partial charge on any atom is 0.252 e. The first kappa shape index (κ1) is 17.4. The highest BCUT2D eigenvalue weighted by Gasteiger charge is 2.12. The molecule has 0 spiro atoms. The van der Waals surface area contributed by atoms with Crippen LogP contribution in [0.2, 0.25) is 0 Å². The SMILES string of the molecule is O=S(=O)(Cc1cc(F)cc(F)c1)NCCCc1cnc2ncnn2c1. The van der Waals surface area contributed by atoms with E-state index in [1.165, 1.54) is 10.8 Å². The monoisotopic (exact) mass is 367 g/mol. The molecular formula is C15H15F2N5O2S. The van der Waals surface area contributed by atoms with E-state index in [9.17, 15) is 17.2 Å². The average Bonchev–Trinajstić information content (AvgIpc) is 2.97. The van der Waals surface area contributed by atoms with Gasteiger partial charge in [0, 0.05) is 25.0 Å². The van der Waals surface area contributed by atoms with E-state index in [-0.39, 0.29) is 12.1 Å². The third-order valence-electron chi connectivity index (χ3n) is 3.43. The van der Waals surface area contributed by atoms with Gasteiger partial charge >= 0.3 is 0 Å². The second kappa shape index (κ2) is 7.19. The third kappa shape index (κ3) is 4.77. The highest BCUT2D eigenvalue weighted by atomic mass is 32.2. The van der Waals surface area contributed by atoms with Gasteiger partial charge in [-0.15, -0.1) is 0 Å². The van der Waals surface area contributed by atoms with Gasteiger partial charge in [0.25, 0.3) is 5.78 Å². The first-order valence-corrected chi connectivity index (χ1v) is 9.13. The molecule has 0 amide bonds. The van der Waals surface area contributed by atoms with Crippen LogP contribution in [-0.2, 0) is 22.2 Å². The molecule has 1 aromatic carbocycles. The van der Waals surface area contributed by atoms with Crippen molar-refractivity contribution in [2.45, 2.75) is 18.6 Å². The largest absolute Gasteiger partial charge is 0.252 e. The molecule has 0 saturated carbocycles. The van der Waals surface area contributed by atoms with E-state index in [0.29, 0.717) is 24.7 Å². The zero-order valence-corrected chi connectivity index (χ0v) is 13.9. The van der Waals surface area contributed by atoms with Crippen LogP contribution in [0.3, 0.4) is 0 Å². The molecule has 2 heterocycles. The van der Waals surface area contributed by atoms with E-state index in [0.717, 1.165) is 17.7 Å². The van der Waals surface area contributed by atoms with E-state index in [1.54, 1.807) is 12.4 Å². The van der Waals surface area contributed by atoms with Crippen LogP contribution in [0.1, 0.15) is 17.5 Å². The molecule has 0 unspecified atom stereocenters. The lowest BCUT2D eigenvalue weighted by Crippen LogP contribution is -2.26. The van der Waals surface area contributed by atoms with Crippen molar-refractivity contribution in [1.29, 1.82) is 0 Å². The summed E-state index contributed by atoms with van der Waals surface area (Å²) in [5.74, 6) is -1.59. The zero-order chi connectivity index (χ0) is 17.9. The predicted molar refractivity (Wildman–Crippen MR) is 86.1 cm³/mol. The number of hydrogen-bond acceptors (Lipinski definition) is 5. The van der Waals surface area contributed by atoms with Gasteiger partial charge in [0.2, 0.25) is 10.0 Å². The maximum atomic E-state index is 13.1. The van der Waals surface area contributed by atoms with E-state index in [1.807, 2.05) is 0 Å². The van der Waals surface area contributed by atoms with Crippen molar-refractivity contribution in [1.82, 2.24) is 24.3 Å². The van der Waals surface area contributed by atoms with Crippen molar-refractivity contribution >= 4 is 15.8 Å². The quantitative estimate of drug-likeness (QED) is 0.639. The summed E-state index contributed by atoms with van der Waals surface area (Å²) in [5.41, 5.74) is 0.954. The molecule has 3 aromatic rings. The van der Waals surface area contributed by atoms with Gasteiger partial charge in [-0.05, 0) is 36.1 Å². The van der Waals surface area contributed by atoms with Gasteiger partial charge in [-0.2, -0.15) is 10.1 Å². The zero-order valence-electron chi connectivity index (χ0n) is 13.1. The van der Waals surface area contributed by atoms with E-state index in [2.05, 4.69) is 19.8 Å². The summed E-state index contributed by atoms with van der Waals surface area (Å²) >= 11 is 0.